The minimum atomic E-state index is 1.37. The third-order valence-corrected chi connectivity index (χ3v) is 1.43. The Labute approximate surface area is 67.8 Å². The first-order chi connectivity index (χ1) is 4.80. The van der Waals surface area contributed by atoms with Gasteiger partial charge in [0.05, 0.1) is 0 Å². The zero-order valence-corrected chi connectivity index (χ0v) is 7.44. The molecule has 0 spiro atoms. The lowest BCUT2D eigenvalue weighted by Crippen LogP contribution is -1.74. The largest absolute Gasteiger partial charge is 0.130 e. The van der Waals surface area contributed by atoms with Gasteiger partial charge in [0.25, 0.3) is 0 Å². The second-order valence-electron chi connectivity index (χ2n) is 2.08. The number of rotatable bonds is 0. The average molecular weight is 157 g/mol. The van der Waals surface area contributed by atoms with Gasteiger partial charge in [0.1, 0.15) is 0 Å². The van der Waals surface area contributed by atoms with E-state index < -0.39 is 0 Å². The smallest absolute Gasteiger partial charge is 0.0108 e. The van der Waals surface area contributed by atoms with E-state index >= 15 is 0 Å². The van der Waals surface area contributed by atoms with Gasteiger partial charge in [0.2, 0.25) is 0 Å². The van der Waals surface area contributed by atoms with Crippen LogP contribution in [0.4, 0.5) is 0 Å². The lowest BCUT2D eigenvalue weighted by Gasteiger charge is -1.93. The van der Waals surface area contributed by atoms with Crippen LogP contribution in [0.25, 0.3) is 0 Å². The molecular weight excluding hydrogens is 144 g/mol. The fraction of sp³-hybridized carbons (Fsp3) is 0.333. The van der Waals surface area contributed by atoms with Crippen molar-refractivity contribution in [1.29, 1.82) is 0 Å². The molecule has 0 radical (unpaired) electrons. The molecule has 1 aromatic rings. The van der Waals surface area contributed by atoms with Crippen molar-refractivity contribution >= 4 is 11.6 Å². The molecule has 0 N–H and O–H groups in total. The summed E-state index contributed by atoms with van der Waals surface area (Å²) in [5.41, 5.74) is 2.74. The molecule has 0 bridgehead atoms. The van der Waals surface area contributed by atoms with E-state index in [-0.39, 0.29) is 0 Å². The number of halogens is 1. The van der Waals surface area contributed by atoms with E-state index in [1.807, 2.05) is 0 Å². The van der Waals surface area contributed by atoms with Crippen LogP contribution in [0.5, 0.6) is 0 Å². The highest BCUT2D eigenvalue weighted by molar-refractivity contribution is 6.15. The summed E-state index contributed by atoms with van der Waals surface area (Å²) in [7, 11) is 0. The maximum atomic E-state index is 4.64. The van der Waals surface area contributed by atoms with E-state index in [4.69, 9.17) is 0 Å². The Morgan fingerprint density at radius 2 is 1.20 bits per heavy atom. The molecule has 56 valence electrons. The van der Waals surface area contributed by atoms with Crippen LogP contribution >= 0.6 is 11.6 Å². The molecule has 0 fully saturated rings. The van der Waals surface area contributed by atoms with Crippen molar-refractivity contribution in [3.05, 3.63) is 35.4 Å². The summed E-state index contributed by atoms with van der Waals surface area (Å²) in [5.74, 6) is 0. The highest BCUT2D eigenvalue weighted by atomic mass is 35.5. The molecule has 0 saturated carbocycles. The predicted molar refractivity (Wildman–Crippen MR) is 47.7 cm³/mol. The van der Waals surface area contributed by atoms with Crippen molar-refractivity contribution in [2.24, 2.45) is 0 Å². The summed E-state index contributed by atoms with van der Waals surface area (Å²) in [5, 5.41) is 0. The number of hydrogen-bond donors (Lipinski definition) is 0. The van der Waals surface area contributed by atoms with Crippen LogP contribution in [-0.2, 0) is 0 Å². The SMILES string of the molecule is CCl.Cc1ccccc1C. The van der Waals surface area contributed by atoms with Gasteiger partial charge in [0, 0.05) is 6.38 Å². The van der Waals surface area contributed by atoms with Crippen molar-refractivity contribution in [2.45, 2.75) is 13.8 Å². The van der Waals surface area contributed by atoms with Gasteiger partial charge in [-0.05, 0) is 25.0 Å². The Hall–Kier alpha value is -0.490. The molecule has 0 aliphatic heterocycles. The third kappa shape index (κ3) is 2.88. The van der Waals surface area contributed by atoms with E-state index in [1.54, 1.807) is 0 Å². The fourth-order valence-electron chi connectivity index (χ4n) is 0.663. The first-order valence-corrected chi connectivity index (χ1v) is 3.96. The third-order valence-electron chi connectivity index (χ3n) is 1.43. The maximum absolute atomic E-state index is 4.64. The number of hydrogen-bond acceptors (Lipinski definition) is 0. The molecule has 1 aromatic carbocycles. The van der Waals surface area contributed by atoms with Gasteiger partial charge >= 0.3 is 0 Å². The van der Waals surface area contributed by atoms with Crippen LogP contribution in [0.3, 0.4) is 0 Å². The summed E-state index contributed by atoms with van der Waals surface area (Å²) in [4.78, 5) is 0. The van der Waals surface area contributed by atoms with Crippen LogP contribution < -0.4 is 0 Å². The summed E-state index contributed by atoms with van der Waals surface area (Å²) >= 11 is 4.64. The standard InChI is InChI=1S/C8H10.CH3Cl/c1-7-5-3-4-6-8(7)2;1-2/h3-6H,1-2H3;1H3. The van der Waals surface area contributed by atoms with Gasteiger partial charge in [-0.2, -0.15) is 0 Å². The van der Waals surface area contributed by atoms with E-state index in [1.165, 1.54) is 17.5 Å². The van der Waals surface area contributed by atoms with Crippen LogP contribution in [-0.4, -0.2) is 6.38 Å². The molecule has 0 atom stereocenters. The second kappa shape index (κ2) is 5.31. The second-order valence-corrected chi connectivity index (χ2v) is 2.08. The van der Waals surface area contributed by atoms with Crippen molar-refractivity contribution < 1.29 is 0 Å². The predicted octanol–water partition coefficient (Wildman–Crippen LogP) is 3.16. The first-order valence-electron chi connectivity index (χ1n) is 3.21. The highest BCUT2D eigenvalue weighted by Gasteiger charge is 1.83. The van der Waals surface area contributed by atoms with Crippen LogP contribution in [0.1, 0.15) is 11.1 Å². The number of benzene rings is 1. The van der Waals surface area contributed by atoms with E-state index in [2.05, 4.69) is 49.7 Å². The van der Waals surface area contributed by atoms with Crippen LogP contribution in [0.15, 0.2) is 24.3 Å². The molecular formula is C9H13Cl. The minimum absolute atomic E-state index is 1.37. The topological polar surface area (TPSA) is 0 Å². The molecule has 0 aromatic heterocycles. The van der Waals surface area contributed by atoms with Crippen LogP contribution in [0.2, 0.25) is 0 Å². The summed E-state index contributed by atoms with van der Waals surface area (Å²) in [6, 6.07) is 8.36. The van der Waals surface area contributed by atoms with Crippen LogP contribution in [0, 0.1) is 13.8 Å². The van der Waals surface area contributed by atoms with Crippen molar-refractivity contribution in [3.8, 4) is 0 Å². The molecule has 0 heterocycles. The molecule has 1 rings (SSSR count). The number of alkyl halides is 1. The molecule has 0 aliphatic rings. The van der Waals surface area contributed by atoms with Crippen molar-refractivity contribution in [1.82, 2.24) is 0 Å². The van der Waals surface area contributed by atoms with Gasteiger partial charge in [-0.3, -0.25) is 0 Å². The minimum Gasteiger partial charge on any atom is -0.130 e. The Kier molecular flexibility index (Phi) is 5.05. The van der Waals surface area contributed by atoms with Gasteiger partial charge in [0.15, 0.2) is 0 Å². The van der Waals surface area contributed by atoms with Crippen molar-refractivity contribution in [2.75, 3.05) is 6.38 Å². The molecule has 0 unspecified atom stereocenters. The average Bonchev–Trinajstić information content (AvgIpc) is 2.00. The lowest BCUT2D eigenvalue weighted by atomic mass is 10.1. The lowest BCUT2D eigenvalue weighted by molar-refractivity contribution is 1.34. The Morgan fingerprint density at radius 1 is 0.900 bits per heavy atom. The number of aryl methyl sites for hydroxylation is 2. The summed E-state index contributed by atoms with van der Waals surface area (Å²) < 4.78 is 0. The zero-order chi connectivity index (χ0) is 7.98. The normalized spacial score (nSPS) is 8.00. The van der Waals surface area contributed by atoms with E-state index in [0.29, 0.717) is 0 Å². The van der Waals surface area contributed by atoms with Gasteiger partial charge < -0.3 is 0 Å². The van der Waals surface area contributed by atoms with Gasteiger partial charge in [-0.15, -0.1) is 11.6 Å². The Balaban J connectivity index is 0.000000371. The summed E-state index contributed by atoms with van der Waals surface area (Å²) in [6.07, 6.45) is 1.47. The van der Waals surface area contributed by atoms with Gasteiger partial charge in [-0.25, -0.2) is 0 Å². The van der Waals surface area contributed by atoms with Gasteiger partial charge in [-0.1, -0.05) is 24.3 Å². The van der Waals surface area contributed by atoms with E-state index in [0.717, 1.165) is 0 Å². The fourth-order valence-corrected chi connectivity index (χ4v) is 0.663. The first kappa shape index (κ1) is 9.51. The zero-order valence-electron chi connectivity index (χ0n) is 6.69. The summed E-state index contributed by atoms with van der Waals surface area (Å²) in [6.45, 7) is 4.24. The Bertz CT molecular complexity index is 161. The molecule has 0 saturated heterocycles. The Morgan fingerprint density at radius 3 is 1.40 bits per heavy atom. The maximum Gasteiger partial charge on any atom is 0.0108 e. The highest BCUT2D eigenvalue weighted by Crippen LogP contribution is 2.02. The molecule has 0 amide bonds. The molecule has 1 heteroatoms. The van der Waals surface area contributed by atoms with Crippen molar-refractivity contribution in [3.63, 3.8) is 0 Å². The quantitative estimate of drug-likeness (QED) is 0.507. The molecule has 10 heavy (non-hydrogen) atoms. The molecule has 0 nitrogen and oxygen atoms in total. The molecule has 0 aliphatic carbocycles. The monoisotopic (exact) mass is 156 g/mol. The van der Waals surface area contributed by atoms with E-state index in [9.17, 15) is 0 Å².